The molecule has 0 N–H and O–H groups in total. The van der Waals surface area contributed by atoms with Gasteiger partial charge in [-0.3, -0.25) is 0 Å². The molecule has 0 aliphatic heterocycles. The molecule has 0 amide bonds. The Kier molecular flexibility index (Phi) is 8.10. The van der Waals surface area contributed by atoms with Gasteiger partial charge in [-0.25, -0.2) is 0 Å². The number of hydrogen-bond donors (Lipinski definition) is 0. The molecule has 0 nitrogen and oxygen atoms in total. The summed E-state index contributed by atoms with van der Waals surface area (Å²) in [5.41, 5.74) is 3.35. The zero-order chi connectivity index (χ0) is 11.5. The molecule has 0 aromatic carbocycles. The molecule has 0 aromatic heterocycles. The van der Waals surface area contributed by atoms with Gasteiger partial charge in [-0.05, 0) is 23.7 Å². The van der Waals surface area contributed by atoms with Crippen molar-refractivity contribution < 1.29 is 0 Å². The SMILES string of the molecule is C.CC(C)C(=C(C(C)C)C(C)C)C(C)C. The lowest BCUT2D eigenvalue weighted by Crippen LogP contribution is -2.14. The van der Waals surface area contributed by atoms with Crippen molar-refractivity contribution in [2.24, 2.45) is 23.7 Å². The van der Waals surface area contributed by atoms with E-state index in [2.05, 4.69) is 55.4 Å². The molecule has 0 heterocycles. The molecule has 0 spiro atoms. The van der Waals surface area contributed by atoms with Gasteiger partial charge in [0.25, 0.3) is 0 Å². The minimum absolute atomic E-state index is 0. The van der Waals surface area contributed by atoms with Crippen LogP contribution in [0.3, 0.4) is 0 Å². The number of hydrogen-bond acceptors (Lipinski definition) is 0. The van der Waals surface area contributed by atoms with E-state index in [1.807, 2.05) is 0 Å². The lowest BCUT2D eigenvalue weighted by atomic mass is 9.79. The van der Waals surface area contributed by atoms with Gasteiger partial charge in [0, 0.05) is 0 Å². The second-order valence-corrected chi connectivity index (χ2v) is 5.53. The second-order valence-electron chi connectivity index (χ2n) is 5.53. The van der Waals surface area contributed by atoms with Crippen molar-refractivity contribution in [3.8, 4) is 0 Å². The van der Waals surface area contributed by atoms with E-state index in [1.54, 1.807) is 11.1 Å². The van der Waals surface area contributed by atoms with Crippen molar-refractivity contribution >= 4 is 0 Å². The Hall–Kier alpha value is -0.260. The van der Waals surface area contributed by atoms with Gasteiger partial charge in [0.1, 0.15) is 0 Å². The largest absolute Gasteiger partial charge is 0.0776 e. The van der Waals surface area contributed by atoms with Crippen molar-refractivity contribution in [3.05, 3.63) is 11.1 Å². The summed E-state index contributed by atoms with van der Waals surface area (Å²) in [5.74, 6) is 2.76. The minimum Gasteiger partial charge on any atom is -0.0776 e. The van der Waals surface area contributed by atoms with Crippen LogP contribution in [0.4, 0.5) is 0 Å². The Morgan fingerprint density at radius 1 is 0.467 bits per heavy atom. The average Bonchev–Trinajstić information content (AvgIpc) is 1.96. The van der Waals surface area contributed by atoms with E-state index >= 15 is 0 Å². The highest BCUT2D eigenvalue weighted by atomic mass is 14.2. The predicted octanol–water partition coefficient (Wildman–Crippen LogP) is 5.54. The van der Waals surface area contributed by atoms with E-state index in [9.17, 15) is 0 Å². The third-order valence-corrected chi connectivity index (χ3v) is 2.82. The monoisotopic (exact) mass is 212 g/mol. The summed E-state index contributed by atoms with van der Waals surface area (Å²) in [5, 5.41) is 0. The van der Waals surface area contributed by atoms with Gasteiger partial charge < -0.3 is 0 Å². The Labute approximate surface area is 98.2 Å². The van der Waals surface area contributed by atoms with Crippen LogP contribution in [0.5, 0.6) is 0 Å². The molecule has 0 atom stereocenters. The summed E-state index contributed by atoms with van der Waals surface area (Å²) in [4.78, 5) is 0. The molecule has 0 radical (unpaired) electrons. The maximum atomic E-state index is 2.32. The first-order valence-electron chi connectivity index (χ1n) is 6.02. The molecule has 0 saturated heterocycles. The van der Waals surface area contributed by atoms with Crippen molar-refractivity contribution in [2.45, 2.75) is 62.8 Å². The van der Waals surface area contributed by atoms with Crippen molar-refractivity contribution in [2.75, 3.05) is 0 Å². The minimum atomic E-state index is 0. The summed E-state index contributed by atoms with van der Waals surface area (Å²) in [7, 11) is 0. The van der Waals surface area contributed by atoms with Gasteiger partial charge in [-0.2, -0.15) is 0 Å². The van der Waals surface area contributed by atoms with Crippen LogP contribution in [0.25, 0.3) is 0 Å². The van der Waals surface area contributed by atoms with Crippen molar-refractivity contribution in [3.63, 3.8) is 0 Å². The molecule has 0 rings (SSSR count). The standard InChI is InChI=1S/C14H28.CH4/c1-9(2)13(10(3)4)14(11(5)6)12(7)8;/h9-12H,1-8H3;1H4. The van der Waals surface area contributed by atoms with E-state index in [4.69, 9.17) is 0 Å². The number of allylic oxidation sites excluding steroid dienone is 2. The molecule has 0 aliphatic rings. The van der Waals surface area contributed by atoms with Crippen LogP contribution in [0.1, 0.15) is 62.8 Å². The van der Waals surface area contributed by atoms with Crippen LogP contribution in [-0.4, -0.2) is 0 Å². The predicted molar refractivity (Wildman–Crippen MR) is 73.1 cm³/mol. The molecular weight excluding hydrogens is 180 g/mol. The summed E-state index contributed by atoms with van der Waals surface area (Å²) in [6, 6.07) is 0. The lowest BCUT2D eigenvalue weighted by Gasteiger charge is -2.27. The van der Waals surface area contributed by atoms with Crippen LogP contribution < -0.4 is 0 Å². The van der Waals surface area contributed by atoms with Crippen LogP contribution in [-0.2, 0) is 0 Å². The Morgan fingerprint density at radius 2 is 0.600 bits per heavy atom. The van der Waals surface area contributed by atoms with Gasteiger partial charge in [0.15, 0.2) is 0 Å². The van der Waals surface area contributed by atoms with Gasteiger partial charge >= 0.3 is 0 Å². The molecule has 0 aliphatic carbocycles. The lowest BCUT2D eigenvalue weighted by molar-refractivity contribution is 0.537. The van der Waals surface area contributed by atoms with Crippen LogP contribution in [0, 0.1) is 23.7 Å². The molecule has 0 unspecified atom stereocenters. The first kappa shape index (κ1) is 17.1. The van der Waals surface area contributed by atoms with E-state index < -0.39 is 0 Å². The van der Waals surface area contributed by atoms with Gasteiger partial charge in [-0.15, -0.1) is 0 Å². The number of rotatable bonds is 4. The molecule has 0 saturated carbocycles. The normalized spacial score (nSPS) is 11.2. The van der Waals surface area contributed by atoms with Crippen LogP contribution in [0.15, 0.2) is 11.1 Å². The fraction of sp³-hybridized carbons (Fsp3) is 0.867. The highest BCUT2D eigenvalue weighted by molar-refractivity contribution is 5.21. The zero-order valence-corrected chi connectivity index (χ0v) is 11.3. The topological polar surface area (TPSA) is 0 Å². The summed E-state index contributed by atoms with van der Waals surface area (Å²) in [6.07, 6.45) is 0. The quantitative estimate of drug-likeness (QED) is 0.536. The van der Waals surface area contributed by atoms with Crippen molar-refractivity contribution in [1.29, 1.82) is 0 Å². The maximum absolute atomic E-state index is 2.32. The molecule has 0 aromatic rings. The highest BCUT2D eigenvalue weighted by Crippen LogP contribution is 2.32. The third-order valence-electron chi connectivity index (χ3n) is 2.82. The summed E-state index contributed by atoms with van der Waals surface area (Å²) < 4.78 is 0. The first-order chi connectivity index (χ1) is 6.29. The van der Waals surface area contributed by atoms with E-state index in [1.165, 1.54) is 0 Å². The zero-order valence-electron chi connectivity index (χ0n) is 11.3. The van der Waals surface area contributed by atoms with Crippen LogP contribution >= 0.6 is 0 Å². The maximum Gasteiger partial charge on any atom is -0.0255 e. The van der Waals surface area contributed by atoms with Gasteiger partial charge in [0.05, 0.1) is 0 Å². The van der Waals surface area contributed by atoms with E-state index in [-0.39, 0.29) is 7.43 Å². The third kappa shape index (κ3) is 4.86. The Morgan fingerprint density at radius 3 is 0.667 bits per heavy atom. The van der Waals surface area contributed by atoms with Crippen LogP contribution in [0.2, 0.25) is 0 Å². The summed E-state index contributed by atoms with van der Waals surface area (Å²) >= 11 is 0. The molecular formula is C15H32. The molecule has 0 bridgehead atoms. The molecule has 0 heteroatoms. The first-order valence-corrected chi connectivity index (χ1v) is 6.02. The Bertz CT molecular complexity index is 150. The second kappa shape index (κ2) is 7.09. The smallest absolute Gasteiger partial charge is 0.0255 e. The molecule has 0 fully saturated rings. The Balaban J connectivity index is 0. The fourth-order valence-corrected chi connectivity index (χ4v) is 2.67. The van der Waals surface area contributed by atoms with Crippen molar-refractivity contribution in [1.82, 2.24) is 0 Å². The average molecular weight is 212 g/mol. The summed E-state index contributed by atoms with van der Waals surface area (Å²) in [6.45, 7) is 18.6. The molecule has 92 valence electrons. The highest BCUT2D eigenvalue weighted by Gasteiger charge is 2.18. The molecule has 15 heavy (non-hydrogen) atoms. The van der Waals surface area contributed by atoms with E-state index in [0.29, 0.717) is 23.7 Å². The van der Waals surface area contributed by atoms with E-state index in [0.717, 1.165) is 0 Å². The fourth-order valence-electron chi connectivity index (χ4n) is 2.67. The van der Waals surface area contributed by atoms with Gasteiger partial charge in [0.2, 0.25) is 0 Å². The van der Waals surface area contributed by atoms with Gasteiger partial charge in [-0.1, -0.05) is 74.0 Å².